The molecule has 0 amide bonds. The molecule has 2 heterocycles. The Hall–Kier alpha value is -1.54. The fourth-order valence-corrected chi connectivity index (χ4v) is 19.7. The Morgan fingerprint density at radius 1 is 0.696 bits per heavy atom. The summed E-state index contributed by atoms with van der Waals surface area (Å²) in [5.74, 6) is 5.99. The van der Waals surface area contributed by atoms with Crippen LogP contribution in [0.2, 0.25) is 19.6 Å². The number of hydrogen-bond donors (Lipinski definition) is 0. The standard InChI is InChI=1S/C39H52N4P2Si/c1-46(2,3)33-5-4-32(34(16-33)39(44,35-23-40-6-8-42-35)36-24-41-7-9-43-36)25-45(37-17-26-10-27(18-37)12-28(11-26)19-37)38-20-29-13-30(21-38)15-31(14-29)22-38/h4-9,16,23-24,26-31H,10-15,17-22,25,44H2,1-3H3. The van der Waals surface area contributed by atoms with Crippen molar-refractivity contribution in [1.82, 2.24) is 19.9 Å². The van der Waals surface area contributed by atoms with Crippen molar-refractivity contribution in [3.63, 3.8) is 0 Å². The van der Waals surface area contributed by atoms with Crippen LogP contribution in [-0.4, -0.2) is 38.3 Å². The summed E-state index contributed by atoms with van der Waals surface area (Å²) in [4.78, 5) is 19.2. The maximum absolute atomic E-state index is 4.99. The molecule has 1 unspecified atom stereocenters. The topological polar surface area (TPSA) is 51.6 Å². The van der Waals surface area contributed by atoms with E-state index in [9.17, 15) is 0 Å². The minimum atomic E-state index is -1.60. The summed E-state index contributed by atoms with van der Waals surface area (Å²) >= 11 is 0. The van der Waals surface area contributed by atoms with E-state index in [2.05, 4.69) is 57.0 Å². The van der Waals surface area contributed by atoms with Crippen molar-refractivity contribution in [2.24, 2.45) is 35.5 Å². The van der Waals surface area contributed by atoms with Crippen molar-refractivity contribution in [3.05, 3.63) is 77.9 Å². The van der Waals surface area contributed by atoms with Crippen molar-refractivity contribution >= 4 is 30.4 Å². The summed E-state index contributed by atoms with van der Waals surface area (Å²) in [5.41, 5.74) is 4.85. The van der Waals surface area contributed by atoms with Gasteiger partial charge in [0.25, 0.3) is 0 Å². The quantitative estimate of drug-likeness (QED) is 0.178. The molecule has 8 bridgehead atoms. The Bertz CT molecular complexity index is 1450. The number of hydrogen-bond acceptors (Lipinski definition) is 4. The van der Waals surface area contributed by atoms with Gasteiger partial charge in [0.1, 0.15) is 0 Å². The van der Waals surface area contributed by atoms with Gasteiger partial charge in [-0.25, -0.2) is 0 Å². The Morgan fingerprint density at radius 2 is 1.13 bits per heavy atom. The largest absolute Gasteiger partial charge is 0.261 e. The first-order valence-electron chi connectivity index (χ1n) is 18.4. The minimum Gasteiger partial charge on any atom is -0.261 e. The van der Waals surface area contributed by atoms with Crippen molar-refractivity contribution < 1.29 is 0 Å². The van der Waals surface area contributed by atoms with Gasteiger partial charge in [0.15, 0.2) is 0 Å². The molecule has 1 atom stereocenters. The lowest BCUT2D eigenvalue weighted by molar-refractivity contribution is 0.0184. The summed E-state index contributed by atoms with van der Waals surface area (Å²) < 4.78 is 0. The first-order chi connectivity index (χ1) is 22.1. The van der Waals surface area contributed by atoms with Crippen molar-refractivity contribution in [2.45, 2.75) is 118 Å². The number of benzene rings is 1. The van der Waals surface area contributed by atoms with E-state index in [4.69, 9.17) is 9.97 Å². The second kappa shape index (κ2) is 11.0. The van der Waals surface area contributed by atoms with Gasteiger partial charge in [0, 0.05) is 24.8 Å². The third-order valence-corrected chi connectivity index (χ3v) is 20.8. The number of rotatable bonds is 8. The molecule has 2 aromatic heterocycles. The maximum Gasteiger partial charge on any atom is 0.0966 e. The molecule has 8 saturated carbocycles. The van der Waals surface area contributed by atoms with Crippen LogP contribution in [-0.2, 0) is 11.3 Å². The molecule has 0 radical (unpaired) electrons. The summed E-state index contributed by atoms with van der Waals surface area (Å²) in [6, 6.07) is 7.70. The highest BCUT2D eigenvalue weighted by molar-refractivity contribution is 7.60. The van der Waals surface area contributed by atoms with E-state index in [-0.39, 0.29) is 7.92 Å². The molecule has 242 valence electrons. The summed E-state index contributed by atoms with van der Waals surface area (Å²) in [6.45, 7) is 7.45. The molecular weight excluding hydrogens is 614 g/mol. The highest BCUT2D eigenvalue weighted by Gasteiger charge is 2.62. The molecule has 0 spiro atoms. The normalized spacial score (nSPS) is 36.7. The predicted molar refractivity (Wildman–Crippen MR) is 196 cm³/mol. The second-order valence-corrected chi connectivity index (χ2v) is 27.0. The molecule has 8 fully saturated rings. The van der Waals surface area contributed by atoms with Crippen LogP contribution in [0.1, 0.15) is 99.6 Å². The van der Waals surface area contributed by atoms with E-state index < -0.39 is 13.2 Å². The maximum atomic E-state index is 4.99. The molecule has 11 rings (SSSR count). The monoisotopic (exact) mass is 666 g/mol. The van der Waals surface area contributed by atoms with Gasteiger partial charge >= 0.3 is 0 Å². The highest BCUT2D eigenvalue weighted by Crippen LogP contribution is 2.79. The van der Waals surface area contributed by atoms with Gasteiger partial charge in [-0.05, 0) is 140 Å². The van der Waals surface area contributed by atoms with Crippen LogP contribution in [0.15, 0.2) is 55.4 Å². The van der Waals surface area contributed by atoms with Crippen LogP contribution in [0.5, 0.6) is 0 Å². The molecule has 1 aromatic carbocycles. The summed E-state index contributed by atoms with van der Waals surface area (Å²) in [5, 5.41) is 2.09. The van der Waals surface area contributed by atoms with E-state index in [1.54, 1.807) is 18.0 Å². The van der Waals surface area contributed by atoms with E-state index in [1.807, 2.05) is 24.8 Å². The van der Waals surface area contributed by atoms with Gasteiger partial charge in [-0.2, -0.15) is 0 Å². The lowest BCUT2D eigenvalue weighted by Gasteiger charge is -2.67. The molecule has 0 aliphatic heterocycles. The lowest BCUT2D eigenvalue weighted by atomic mass is 9.55. The van der Waals surface area contributed by atoms with E-state index in [1.165, 1.54) is 94.0 Å². The molecule has 4 nitrogen and oxygen atoms in total. The molecule has 7 heteroatoms. The highest BCUT2D eigenvalue weighted by atomic mass is 31.1. The van der Waals surface area contributed by atoms with Gasteiger partial charge < -0.3 is 0 Å². The first-order valence-corrected chi connectivity index (χ1v) is 24.0. The molecule has 8 aliphatic rings. The van der Waals surface area contributed by atoms with Crippen LogP contribution in [0.3, 0.4) is 0 Å². The Labute approximate surface area is 281 Å². The van der Waals surface area contributed by atoms with Crippen molar-refractivity contribution in [1.29, 1.82) is 0 Å². The fraction of sp³-hybridized carbons (Fsp3) is 0.641. The van der Waals surface area contributed by atoms with Crippen molar-refractivity contribution in [3.8, 4) is 0 Å². The van der Waals surface area contributed by atoms with Crippen LogP contribution in [0, 0.1) is 35.5 Å². The molecule has 3 aromatic rings. The Kier molecular flexibility index (Phi) is 7.28. The zero-order chi connectivity index (χ0) is 31.3. The van der Waals surface area contributed by atoms with E-state index in [0.29, 0.717) is 10.3 Å². The average molecular weight is 667 g/mol. The van der Waals surface area contributed by atoms with Crippen LogP contribution in [0.25, 0.3) is 0 Å². The molecule has 46 heavy (non-hydrogen) atoms. The molecule has 8 aliphatic carbocycles. The van der Waals surface area contributed by atoms with Gasteiger partial charge in [-0.1, -0.05) is 50.9 Å². The second-order valence-electron chi connectivity index (χ2n) is 18.0. The van der Waals surface area contributed by atoms with Crippen LogP contribution >= 0.6 is 17.2 Å². The molecule has 0 saturated heterocycles. The van der Waals surface area contributed by atoms with Crippen LogP contribution < -0.4 is 5.19 Å². The molecular formula is C39H52N4P2Si. The fourth-order valence-electron chi connectivity index (χ4n) is 12.8. The number of aromatic nitrogens is 4. The Morgan fingerprint density at radius 3 is 1.50 bits per heavy atom. The predicted octanol–water partition coefficient (Wildman–Crippen LogP) is 8.90. The number of nitrogens with zero attached hydrogens (tertiary/aromatic N) is 4. The summed E-state index contributed by atoms with van der Waals surface area (Å²) in [7, 11) is 1.48. The van der Waals surface area contributed by atoms with Gasteiger partial charge in [-0.15, -0.1) is 9.24 Å². The van der Waals surface area contributed by atoms with Crippen LogP contribution in [0.4, 0.5) is 0 Å². The third-order valence-electron chi connectivity index (χ3n) is 13.8. The Balaban J connectivity index is 1.23. The zero-order valence-corrected chi connectivity index (χ0v) is 31.2. The van der Waals surface area contributed by atoms with Gasteiger partial charge in [-0.3, -0.25) is 19.9 Å². The third kappa shape index (κ3) is 4.95. The smallest absolute Gasteiger partial charge is 0.0966 e. The average Bonchev–Trinajstić information content (AvgIpc) is 3.02. The molecule has 0 N–H and O–H groups in total. The van der Waals surface area contributed by atoms with E-state index in [0.717, 1.165) is 46.9 Å². The SMILES string of the molecule is C[Si](C)(C)c1ccc(CP(C23CC4CC(CC(C4)C2)C3)C23CC4CC(CC(C4)C2)C3)c(C(P)(c2cnccn2)c2cnccn2)c1. The first kappa shape index (κ1) is 30.5. The van der Waals surface area contributed by atoms with Gasteiger partial charge in [0.2, 0.25) is 0 Å². The van der Waals surface area contributed by atoms with Crippen molar-refractivity contribution in [2.75, 3.05) is 0 Å². The van der Waals surface area contributed by atoms with Gasteiger partial charge in [0.05, 0.1) is 37.0 Å². The van der Waals surface area contributed by atoms with E-state index >= 15 is 0 Å². The lowest BCUT2D eigenvalue weighted by Crippen LogP contribution is -2.56. The summed E-state index contributed by atoms with van der Waals surface area (Å²) in [6.07, 6.45) is 30.9. The zero-order valence-electron chi connectivity index (χ0n) is 28.2. The minimum absolute atomic E-state index is 0.194.